The van der Waals surface area contributed by atoms with Crippen LogP contribution >= 0.6 is 15.9 Å². The predicted molar refractivity (Wildman–Crippen MR) is 139 cm³/mol. The van der Waals surface area contributed by atoms with E-state index in [9.17, 15) is 17.6 Å². The Morgan fingerprint density at radius 3 is 2.46 bits per heavy atom. The fraction of sp³-hybridized carbons (Fsp3) is 0.483. The highest BCUT2D eigenvalue weighted by Gasteiger charge is 2.43. The molecule has 0 spiro atoms. The van der Waals surface area contributed by atoms with E-state index in [-0.39, 0.29) is 35.8 Å². The summed E-state index contributed by atoms with van der Waals surface area (Å²) >= 11 is 3.26. The lowest BCUT2D eigenvalue weighted by Crippen LogP contribution is -2.44. The summed E-state index contributed by atoms with van der Waals surface area (Å²) in [6.07, 6.45) is 1.08. The number of halogens is 5. The lowest BCUT2D eigenvalue weighted by Gasteiger charge is -2.36. The van der Waals surface area contributed by atoms with E-state index in [1.807, 2.05) is 6.07 Å². The molecule has 3 fully saturated rings. The Hall–Kier alpha value is -2.43. The minimum Gasteiger partial charge on any atom is -0.405 e. The van der Waals surface area contributed by atoms with Gasteiger partial charge in [0.1, 0.15) is 23.0 Å². The Morgan fingerprint density at radius 1 is 1.00 bits per heavy atom. The molecule has 2 aromatic carbocycles. The van der Waals surface area contributed by atoms with Gasteiger partial charge in [-0.05, 0) is 84.5 Å². The number of nitrogens with one attached hydrogen (secondary N) is 1. The van der Waals surface area contributed by atoms with Crippen LogP contribution in [-0.4, -0.2) is 23.7 Å². The van der Waals surface area contributed by atoms with E-state index >= 15 is 0 Å². The monoisotopic (exact) mass is 608 g/mol. The van der Waals surface area contributed by atoms with E-state index < -0.39 is 6.36 Å². The van der Waals surface area contributed by atoms with Crippen LogP contribution in [0.4, 0.5) is 17.6 Å². The van der Waals surface area contributed by atoms with Gasteiger partial charge in [0.05, 0.1) is 17.2 Å². The summed E-state index contributed by atoms with van der Waals surface area (Å²) in [5, 5.41) is 7.78. The maximum absolute atomic E-state index is 14.4. The number of para-hydroxylation sites is 1. The van der Waals surface area contributed by atoms with Crippen LogP contribution in [-0.2, 0) is 17.9 Å². The maximum Gasteiger partial charge on any atom is 0.573 e. The number of nitrogens with zero attached hydrogens (tertiary/aromatic N) is 1. The first-order valence-corrected chi connectivity index (χ1v) is 14.2. The summed E-state index contributed by atoms with van der Waals surface area (Å²) in [5.74, 6) is 1.22. The molecule has 3 saturated carbocycles. The molecule has 6 rings (SSSR count). The zero-order chi connectivity index (χ0) is 27.1. The van der Waals surface area contributed by atoms with Gasteiger partial charge in [0.2, 0.25) is 0 Å². The smallest absolute Gasteiger partial charge is 0.405 e. The predicted octanol–water partition coefficient (Wildman–Crippen LogP) is 7.88. The molecule has 0 radical (unpaired) electrons. The molecule has 0 unspecified atom stereocenters. The van der Waals surface area contributed by atoms with Gasteiger partial charge in [0.15, 0.2) is 0 Å². The Balaban J connectivity index is 1.14. The molecule has 1 N–H and O–H groups in total. The number of alkyl halides is 3. The van der Waals surface area contributed by atoms with E-state index in [0.29, 0.717) is 51.5 Å². The SMILES string of the molecule is Fc1c(Br)cccc1CN[C@H]1[C@@H]2CC[C@H]1C[C@H](OCc1c(-c3ccccc3OC(F)(F)F)noc1C1CC1)C2. The van der Waals surface area contributed by atoms with Gasteiger partial charge in [0.25, 0.3) is 0 Å². The topological polar surface area (TPSA) is 56.5 Å². The highest BCUT2D eigenvalue weighted by molar-refractivity contribution is 9.10. The molecule has 39 heavy (non-hydrogen) atoms. The average molecular weight is 609 g/mol. The first-order chi connectivity index (χ1) is 18.8. The van der Waals surface area contributed by atoms with E-state index in [1.165, 1.54) is 12.1 Å². The van der Waals surface area contributed by atoms with Gasteiger partial charge in [-0.3, -0.25) is 0 Å². The second-order valence-corrected chi connectivity index (χ2v) is 11.7. The van der Waals surface area contributed by atoms with Crippen molar-refractivity contribution in [2.24, 2.45) is 11.8 Å². The highest BCUT2D eigenvalue weighted by Crippen LogP contribution is 2.47. The quantitative estimate of drug-likeness (QED) is 0.250. The number of benzene rings is 2. The van der Waals surface area contributed by atoms with E-state index in [0.717, 1.165) is 38.5 Å². The van der Waals surface area contributed by atoms with Crippen LogP contribution in [0.15, 0.2) is 51.5 Å². The summed E-state index contributed by atoms with van der Waals surface area (Å²) in [5.41, 5.74) is 1.92. The summed E-state index contributed by atoms with van der Waals surface area (Å²) in [4.78, 5) is 0. The van der Waals surface area contributed by atoms with Crippen molar-refractivity contribution >= 4 is 15.9 Å². The number of rotatable bonds is 9. The van der Waals surface area contributed by atoms with Crippen LogP contribution in [0.5, 0.6) is 5.75 Å². The molecule has 4 atom stereocenters. The fourth-order valence-corrected chi connectivity index (χ4v) is 6.68. The number of fused-ring (bicyclic) bond motifs is 2. The standard InChI is InChI=1S/C29H29BrF4N2O3/c30-23-6-3-4-19(25(23)31)14-35-26-17-10-11-18(26)13-20(12-17)37-15-22-27(36-39-28(22)16-8-9-16)21-5-1-2-7-24(21)38-29(32,33)34/h1-7,16-18,20,26,35H,8-15H2/t17-,18+,20-,26+. The number of aromatic nitrogens is 1. The van der Waals surface area contributed by atoms with Crippen LogP contribution in [0.2, 0.25) is 0 Å². The van der Waals surface area contributed by atoms with Crippen molar-refractivity contribution in [3.05, 3.63) is 69.6 Å². The molecule has 1 heterocycles. The maximum atomic E-state index is 14.4. The minimum atomic E-state index is -4.81. The number of ether oxygens (including phenoxy) is 2. The fourth-order valence-electron chi connectivity index (χ4n) is 6.27. The van der Waals surface area contributed by atoms with Crippen molar-refractivity contribution in [1.29, 1.82) is 0 Å². The molecule has 3 aromatic rings. The number of hydrogen-bond acceptors (Lipinski definition) is 5. The van der Waals surface area contributed by atoms with Crippen molar-refractivity contribution in [2.45, 2.75) is 76.1 Å². The number of hydrogen-bond donors (Lipinski definition) is 1. The molecule has 1 aromatic heterocycles. The first-order valence-electron chi connectivity index (χ1n) is 13.4. The van der Waals surface area contributed by atoms with Gasteiger partial charge in [0, 0.05) is 35.2 Å². The lowest BCUT2D eigenvalue weighted by molar-refractivity contribution is -0.274. The Kier molecular flexibility index (Phi) is 7.45. The van der Waals surface area contributed by atoms with Crippen molar-refractivity contribution < 1.29 is 31.6 Å². The third kappa shape index (κ3) is 5.88. The van der Waals surface area contributed by atoms with E-state index in [2.05, 4.69) is 31.1 Å². The summed E-state index contributed by atoms with van der Waals surface area (Å²) < 4.78 is 70.4. The molecule has 0 amide bonds. The van der Waals surface area contributed by atoms with Crippen molar-refractivity contribution in [3.63, 3.8) is 0 Å². The van der Waals surface area contributed by atoms with E-state index in [1.54, 1.807) is 24.3 Å². The summed E-state index contributed by atoms with van der Waals surface area (Å²) in [7, 11) is 0. The zero-order valence-electron chi connectivity index (χ0n) is 21.1. The molecule has 3 aliphatic rings. The van der Waals surface area contributed by atoms with Gasteiger partial charge in [-0.2, -0.15) is 0 Å². The molecule has 0 aliphatic heterocycles. The van der Waals surface area contributed by atoms with Crippen molar-refractivity contribution in [2.75, 3.05) is 0 Å². The molecule has 5 nitrogen and oxygen atoms in total. The first kappa shape index (κ1) is 26.8. The van der Waals surface area contributed by atoms with E-state index in [4.69, 9.17) is 9.26 Å². The van der Waals surface area contributed by atoms with Gasteiger partial charge in [-0.1, -0.05) is 29.4 Å². The summed E-state index contributed by atoms with van der Waals surface area (Å²) in [6.45, 7) is 0.694. The second kappa shape index (κ2) is 10.9. The Labute approximate surface area is 232 Å². The Morgan fingerprint density at radius 2 is 1.74 bits per heavy atom. The molecule has 0 saturated heterocycles. The van der Waals surface area contributed by atoms with Crippen LogP contribution in [0, 0.1) is 17.7 Å². The van der Waals surface area contributed by atoms with Crippen molar-refractivity contribution in [1.82, 2.24) is 10.5 Å². The van der Waals surface area contributed by atoms with Crippen molar-refractivity contribution in [3.8, 4) is 17.0 Å². The van der Waals surface area contributed by atoms with Crippen LogP contribution in [0.1, 0.15) is 61.3 Å². The normalized spacial score (nSPS) is 24.7. The molecule has 208 valence electrons. The highest BCUT2D eigenvalue weighted by atomic mass is 79.9. The molecule has 3 aliphatic carbocycles. The largest absolute Gasteiger partial charge is 0.573 e. The summed E-state index contributed by atoms with van der Waals surface area (Å²) in [6, 6.07) is 11.6. The Bertz CT molecular complexity index is 1310. The van der Waals surface area contributed by atoms with Crippen LogP contribution < -0.4 is 10.1 Å². The average Bonchev–Trinajstić information content (AvgIpc) is 3.61. The second-order valence-electron chi connectivity index (χ2n) is 10.8. The van der Waals surface area contributed by atoms with Gasteiger partial charge in [-0.15, -0.1) is 13.2 Å². The van der Waals surface area contributed by atoms with Gasteiger partial charge in [-0.25, -0.2) is 4.39 Å². The van der Waals surface area contributed by atoms with Gasteiger partial charge >= 0.3 is 6.36 Å². The minimum absolute atomic E-state index is 0.0274. The third-order valence-corrected chi connectivity index (χ3v) is 8.83. The molecule has 10 heteroatoms. The zero-order valence-corrected chi connectivity index (χ0v) is 22.7. The van der Waals surface area contributed by atoms with Gasteiger partial charge < -0.3 is 19.3 Å². The molecular weight excluding hydrogens is 580 g/mol. The molecular formula is C29H29BrF4N2O3. The third-order valence-electron chi connectivity index (χ3n) is 8.21. The van der Waals surface area contributed by atoms with Crippen LogP contribution in [0.3, 0.4) is 0 Å². The molecule has 2 bridgehead atoms. The van der Waals surface area contributed by atoms with Crippen LogP contribution in [0.25, 0.3) is 11.3 Å². The lowest BCUT2D eigenvalue weighted by atomic mass is 9.82.